The highest BCUT2D eigenvalue weighted by molar-refractivity contribution is 5.71. The Kier molecular flexibility index (Phi) is 6.37. The number of hydrogen-bond acceptors (Lipinski definition) is 7. The minimum Gasteiger partial charge on any atom is -0.462 e. The second kappa shape index (κ2) is 6.70. The van der Waals surface area contributed by atoms with Crippen molar-refractivity contribution in [1.82, 2.24) is 0 Å². The highest BCUT2D eigenvalue weighted by Gasteiger charge is 2.28. The van der Waals surface area contributed by atoms with Crippen LogP contribution in [0.4, 0.5) is 0 Å². The predicted octanol–water partition coefficient (Wildman–Crippen LogP) is -3.05. The third-order valence-corrected chi connectivity index (χ3v) is 1.82. The molecule has 6 N–H and O–H groups in total. The Morgan fingerprint density at radius 1 is 1.27 bits per heavy atom. The molecule has 7 heteroatoms. The van der Waals surface area contributed by atoms with Crippen molar-refractivity contribution in [3.05, 3.63) is 0 Å². The number of aliphatic hydroxyl groups is 4. The number of carbonyl (C=O) groups excluding carboxylic acids is 1. The van der Waals surface area contributed by atoms with Crippen LogP contribution in [0.3, 0.4) is 0 Å². The fourth-order valence-corrected chi connectivity index (χ4v) is 0.849. The standard InChI is InChI=1S/C8H17NO6/c1-4(10)7(13)8(14)5(11)3-15-6(12)2-9/h4-5,7-8,10-11,13-14H,2-3,9H2,1H3/t4-,5-,7-,8-/m0/s1. The van der Waals surface area contributed by atoms with Gasteiger partial charge in [0.05, 0.1) is 12.6 Å². The van der Waals surface area contributed by atoms with Crippen LogP contribution in [0.5, 0.6) is 0 Å². The van der Waals surface area contributed by atoms with Gasteiger partial charge in [0.25, 0.3) is 0 Å². The predicted molar refractivity (Wildman–Crippen MR) is 49.7 cm³/mol. The Morgan fingerprint density at radius 3 is 2.20 bits per heavy atom. The van der Waals surface area contributed by atoms with E-state index in [1.54, 1.807) is 0 Å². The first-order chi connectivity index (χ1) is 6.90. The van der Waals surface area contributed by atoms with Crippen LogP contribution >= 0.6 is 0 Å². The number of esters is 1. The lowest BCUT2D eigenvalue weighted by Crippen LogP contribution is -2.45. The van der Waals surface area contributed by atoms with Crippen LogP contribution in [0.2, 0.25) is 0 Å². The molecule has 0 unspecified atom stereocenters. The van der Waals surface area contributed by atoms with Gasteiger partial charge >= 0.3 is 5.97 Å². The first-order valence-corrected chi connectivity index (χ1v) is 4.48. The van der Waals surface area contributed by atoms with E-state index >= 15 is 0 Å². The minimum absolute atomic E-state index is 0.332. The fourth-order valence-electron chi connectivity index (χ4n) is 0.849. The summed E-state index contributed by atoms with van der Waals surface area (Å²) in [6.07, 6.45) is -5.75. The van der Waals surface area contributed by atoms with Gasteiger partial charge in [-0.2, -0.15) is 0 Å². The lowest BCUT2D eigenvalue weighted by atomic mass is 10.0. The molecule has 0 fully saturated rings. The summed E-state index contributed by atoms with van der Waals surface area (Å²) in [5, 5.41) is 36.6. The molecule has 0 aliphatic heterocycles. The van der Waals surface area contributed by atoms with E-state index < -0.39 is 37.0 Å². The third-order valence-electron chi connectivity index (χ3n) is 1.82. The number of ether oxygens (including phenoxy) is 1. The van der Waals surface area contributed by atoms with Crippen molar-refractivity contribution < 1.29 is 30.0 Å². The van der Waals surface area contributed by atoms with Crippen LogP contribution in [0.15, 0.2) is 0 Å². The van der Waals surface area contributed by atoms with Gasteiger partial charge < -0.3 is 30.9 Å². The van der Waals surface area contributed by atoms with Crippen LogP contribution in [-0.2, 0) is 9.53 Å². The fraction of sp³-hybridized carbons (Fsp3) is 0.875. The smallest absolute Gasteiger partial charge is 0.319 e. The van der Waals surface area contributed by atoms with E-state index in [9.17, 15) is 15.0 Å². The first-order valence-electron chi connectivity index (χ1n) is 4.48. The van der Waals surface area contributed by atoms with Crippen LogP contribution < -0.4 is 5.73 Å². The molecule has 90 valence electrons. The molecule has 0 aliphatic rings. The van der Waals surface area contributed by atoms with E-state index in [0.29, 0.717) is 0 Å². The molecule has 0 radical (unpaired) electrons. The quantitative estimate of drug-likeness (QED) is 0.302. The Hall–Kier alpha value is -0.730. The van der Waals surface area contributed by atoms with Crippen molar-refractivity contribution in [3.63, 3.8) is 0 Å². The van der Waals surface area contributed by atoms with Gasteiger partial charge in [0.1, 0.15) is 24.9 Å². The lowest BCUT2D eigenvalue weighted by molar-refractivity contribution is -0.152. The Labute approximate surface area is 87.1 Å². The lowest BCUT2D eigenvalue weighted by Gasteiger charge is -2.24. The molecule has 0 aromatic rings. The number of aliphatic hydroxyl groups excluding tert-OH is 4. The summed E-state index contributed by atoms with van der Waals surface area (Å²) in [7, 11) is 0. The molecule has 0 saturated carbocycles. The number of hydrogen-bond donors (Lipinski definition) is 5. The van der Waals surface area contributed by atoms with Gasteiger partial charge in [-0.25, -0.2) is 0 Å². The maximum Gasteiger partial charge on any atom is 0.319 e. The molecule has 0 aromatic heterocycles. The molecule has 0 spiro atoms. The Bertz CT molecular complexity index is 198. The summed E-state index contributed by atoms with van der Waals surface area (Å²) in [4.78, 5) is 10.6. The summed E-state index contributed by atoms with van der Waals surface area (Å²) >= 11 is 0. The van der Waals surface area contributed by atoms with Crippen molar-refractivity contribution in [2.45, 2.75) is 31.3 Å². The Balaban J connectivity index is 3.98. The SMILES string of the molecule is C[C@H](O)[C@H](O)[C@@H](O)[C@@H](O)COC(=O)CN. The van der Waals surface area contributed by atoms with Gasteiger partial charge in [-0.1, -0.05) is 0 Å². The molecule has 0 aromatic carbocycles. The van der Waals surface area contributed by atoms with Crippen molar-refractivity contribution in [1.29, 1.82) is 0 Å². The topological polar surface area (TPSA) is 133 Å². The van der Waals surface area contributed by atoms with Gasteiger partial charge in [-0.3, -0.25) is 4.79 Å². The summed E-state index contributed by atoms with van der Waals surface area (Å²) in [6, 6.07) is 0. The summed E-state index contributed by atoms with van der Waals surface area (Å²) < 4.78 is 4.44. The van der Waals surface area contributed by atoms with Crippen LogP contribution in [0.1, 0.15) is 6.92 Å². The monoisotopic (exact) mass is 223 g/mol. The molecule has 7 nitrogen and oxygen atoms in total. The maximum atomic E-state index is 10.6. The molecular weight excluding hydrogens is 206 g/mol. The second-order valence-corrected chi connectivity index (χ2v) is 3.18. The van der Waals surface area contributed by atoms with Crippen molar-refractivity contribution >= 4 is 5.97 Å². The largest absolute Gasteiger partial charge is 0.462 e. The van der Waals surface area contributed by atoms with Gasteiger partial charge in [0, 0.05) is 0 Å². The van der Waals surface area contributed by atoms with Gasteiger partial charge in [0.15, 0.2) is 0 Å². The first kappa shape index (κ1) is 14.3. The van der Waals surface area contributed by atoms with Gasteiger partial charge in [-0.05, 0) is 6.92 Å². The summed E-state index contributed by atoms with van der Waals surface area (Å²) in [6.45, 7) is 0.440. The van der Waals surface area contributed by atoms with Crippen molar-refractivity contribution in [2.75, 3.05) is 13.2 Å². The second-order valence-electron chi connectivity index (χ2n) is 3.18. The highest BCUT2D eigenvalue weighted by Crippen LogP contribution is 2.05. The molecule has 15 heavy (non-hydrogen) atoms. The van der Waals surface area contributed by atoms with E-state index in [1.165, 1.54) is 6.92 Å². The zero-order chi connectivity index (χ0) is 12.0. The van der Waals surface area contributed by atoms with E-state index in [-0.39, 0.29) is 6.54 Å². The van der Waals surface area contributed by atoms with Gasteiger partial charge in [-0.15, -0.1) is 0 Å². The van der Waals surface area contributed by atoms with Gasteiger partial charge in [0.2, 0.25) is 0 Å². The molecule has 0 amide bonds. The van der Waals surface area contributed by atoms with Crippen LogP contribution in [-0.4, -0.2) is 64.0 Å². The van der Waals surface area contributed by atoms with Crippen LogP contribution in [0, 0.1) is 0 Å². The minimum atomic E-state index is -1.59. The van der Waals surface area contributed by atoms with E-state index in [2.05, 4.69) is 4.74 Å². The zero-order valence-corrected chi connectivity index (χ0v) is 8.41. The zero-order valence-electron chi connectivity index (χ0n) is 8.41. The number of rotatable bonds is 6. The van der Waals surface area contributed by atoms with E-state index in [0.717, 1.165) is 0 Å². The number of nitrogens with two attached hydrogens (primary N) is 1. The molecule has 0 aliphatic carbocycles. The van der Waals surface area contributed by atoms with Crippen molar-refractivity contribution in [2.24, 2.45) is 5.73 Å². The van der Waals surface area contributed by atoms with E-state index in [4.69, 9.17) is 15.9 Å². The molecule has 0 rings (SSSR count). The van der Waals surface area contributed by atoms with Crippen LogP contribution in [0.25, 0.3) is 0 Å². The molecule has 0 heterocycles. The molecule has 4 atom stereocenters. The van der Waals surface area contributed by atoms with E-state index in [1.807, 2.05) is 0 Å². The highest BCUT2D eigenvalue weighted by atomic mass is 16.5. The average Bonchev–Trinajstić information content (AvgIpc) is 2.22. The summed E-state index contributed by atoms with van der Waals surface area (Å²) in [5.74, 6) is -0.729. The third kappa shape index (κ3) is 5.05. The molecule has 0 bridgehead atoms. The normalized spacial score (nSPS) is 19.1. The summed E-state index contributed by atoms with van der Waals surface area (Å²) in [5.41, 5.74) is 4.93. The maximum absolute atomic E-state index is 10.6. The Morgan fingerprint density at radius 2 is 1.80 bits per heavy atom. The number of carbonyl (C=O) groups is 1. The average molecular weight is 223 g/mol. The molecule has 0 saturated heterocycles. The van der Waals surface area contributed by atoms with Crippen molar-refractivity contribution in [3.8, 4) is 0 Å². The molecular formula is C8H17NO6.